The highest BCUT2D eigenvalue weighted by molar-refractivity contribution is 5.21. The van der Waals surface area contributed by atoms with Gasteiger partial charge in [0.2, 0.25) is 0 Å². The predicted molar refractivity (Wildman–Crippen MR) is 83.4 cm³/mol. The molecule has 2 aromatic rings. The second-order valence-electron chi connectivity index (χ2n) is 5.89. The molecule has 0 bridgehead atoms. The van der Waals surface area contributed by atoms with Gasteiger partial charge in [-0.2, -0.15) is 0 Å². The average Bonchev–Trinajstić information content (AvgIpc) is 3.05. The van der Waals surface area contributed by atoms with Gasteiger partial charge in [0.1, 0.15) is 17.3 Å². The molecular weight excluding hydrogens is 262 g/mol. The van der Waals surface area contributed by atoms with Gasteiger partial charge in [0, 0.05) is 5.69 Å². The molecule has 1 N–H and O–H groups in total. The molecule has 114 valence electrons. The van der Waals surface area contributed by atoms with Crippen molar-refractivity contribution in [3.63, 3.8) is 0 Å². The van der Waals surface area contributed by atoms with Crippen molar-refractivity contribution < 1.29 is 4.42 Å². The third kappa shape index (κ3) is 3.21. The summed E-state index contributed by atoms with van der Waals surface area (Å²) >= 11 is 0. The fraction of sp³-hybridized carbons (Fsp3) is 0.588. The Morgan fingerprint density at radius 3 is 2.90 bits per heavy atom. The molecule has 1 aliphatic carbocycles. The third-order valence-electron chi connectivity index (χ3n) is 4.18. The van der Waals surface area contributed by atoms with Crippen molar-refractivity contribution in [2.24, 2.45) is 0 Å². The lowest BCUT2D eigenvalue weighted by molar-refractivity contribution is 0.433. The fourth-order valence-electron chi connectivity index (χ4n) is 3.09. The third-order valence-corrected chi connectivity index (χ3v) is 4.18. The lowest BCUT2D eigenvalue weighted by Crippen LogP contribution is -2.13. The topological polar surface area (TPSA) is 43.0 Å². The lowest BCUT2D eigenvalue weighted by atomic mass is 10.0. The van der Waals surface area contributed by atoms with E-state index in [1.165, 1.54) is 24.2 Å². The first-order valence-corrected chi connectivity index (χ1v) is 8.11. The SMILES string of the molecule is CCCNCc1ccc(Cn2c(C)nc3c2CCCC3)o1. The molecule has 2 heterocycles. The number of hydrogen-bond acceptors (Lipinski definition) is 3. The van der Waals surface area contributed by atoms with Gasteiger partial charge in [0.05, 0.1) is 18.8 Å². The van der Waals surface area contributed by atoms with Gasteiger partial charge in [-0.15, -0.1) is 0 Å². The first-order valence-electron chi connectivity index (χ1n) is 8.11. The second-order valence-corrected chi connectivity index (χ2v) is 5.89. The number of rotatable bonds is 6. The van der Waals surface area contributed by atoms with E-state index in [-0.39, 0.29) is 0 Å². The zero-order chi connectivity index (χ0) is 14.7. The lowest BCUT2D eigenvalue weighted by Gasteiger charge is -2.13. The first kappa shape index (κ1) is 14.4. The number of fused-ring (bicyclic) bond motifs is 1. The summed E-state index contributed by atoms with van der Waals surface area (Å²) < 4.78 is 8.27. The van der Waals surface area contributed by atoms with E-state index in [1.54, 1.807) is 0 Å². The van der Waals surface area contributed by atoms with Crippen LogP contribution in [0.5, 0.6) is 0 Å². The van der Waals surface area contributed by atoms with E-state index in [2.05, 4.69) is 35.9 Å². The molecule has 4 heteroatoms. The van der Waals surface area contributed by atoms with E-state index in [1.807, 2.05) is 0 Å². The van der Waals surface area contributed by atoms with Gasteiger partial charge in [-0.3, -0.25) is 0 Å². The van der Waals surface area contributed by atoms with Crippen LogP contribution in [0.3, 0.4) is 0 Å². The van der Waals surface area contributed by atoms with Gasteiger partial charge in [-0.25, -0.2) is 4.98 Å². The maximum absolute atomic E-state index is 5.94. The summed E-state index contributed by atoms with van der Waals surface area (Å²) in [5.74, 6) is 3.16. The smallest absolute Gasteiger partial charge is 0.124 e. The monoisotopic (exact) mass is 287 g/mol. The summed E-state index contributed by atoms with van der Waals surface area (Å²) in [6.07, 6.45) is 5.99. The van der Waals surface area contributed by atoms with E-state index in [9.17, 15) is 0 Å². The van der Waals surface area contributed by atoms with Crippen LogP contribution in [-0.4, -0.2) is 16.1 Å². The Balaban J connectivity index is 1.70. The van der Waals surface area contributed by atoms with E-state index in [0.717, 1.165) is 56.2 Å². The molecule has 0 amide bonds. The second kappa shape index (κ2) is 6.48. The molecule has 2 aromatic heterocycles. The first-order chi connectivity index (χ1) is 10.3. The Bertz CT molecular complexity index is 597. The van der Waals surface area contributed by atoms with Crippen LogP contribution >= 0.6 is 0 Å². The molecule has 0 aromatic carbocycles. The van der Waals surface area contributed by atoms with Crippen LogP contribution in [0.25, 0.3) is 0 Å². The Morgan fingerprint density at radius 1 is 1.24 bits per heavy atom. The number of nitrogens with one attached hydrogen (secondary N) is 1. The van der Waals surface area contributed by atoms with E-state index in [0.29, 0.717) is 0 Å². The molecule has 1 aliphatic rings. The van der Waals surface area contributed by atoms with Crippen LogP contribution in [0.4, 0.5) is 0 Å². The van der Waals surface area contributed by atoms with Crippen molar-refractivity contribution in [1.29, 1.82) is 0 Å². The largest absolute Gasteiger partial charge is 0.463 e. The van der Waals surface area contributed by atoms with Crippen molar-refractivity contribution in [2.45, 2.75) is 59.0 Å². The molecule has 3 rings (SSSR count). The summed E-state index contributed by atoms with van der Waals surface area (Å²) in [5.41, 5.74) is 2.72. The summed E-state index contributed by atoms with van der Waals surface area (Å²) in [6.45, 7) is 6.93. The van der Waals surface area contributed by atoms with E-state index >= 15 is 0 Å². The average molecular weight is 287 g/mol. The Labute approximate surface area is 126 Å². The molecule has 0 spiro atoms. The quantitative estimate of drug-likeness (QED) is 0.830. The van der Waals surface area contributed by atoms with Crippen LogP contribution in [0.2, 0.25) is 0 Å². The number of aryl methyl sites for hydroxylation is 2. The molecule has 0 saturated carbocycles. The zero-order valence-electron chi connectivity index (χ0n) is 13.1. The summed E-state index contributed by atoms with van der Waals surface area (Å²) in [5, 5.41) is 3.37. The minimum Gasteiger partial charge on any atom is -0.463 e. The summed E-state index contributed by atoms with van der Waals surface area (Å²) in [4.78, 5) is 4.72. The van der Waals surface area contributed by atoms with Crippen molar-refractivity contribution in [2.75, 3.05) is 6.54 Å². The molecule has 4 nitrogen and oxygen atoms in total. The van der Waals surface area contributed by atoms with Crippen LogP contribution < -0.4 is 5.32 Å². The molecule has 0 saturated heterocycles. The maximum atomic E-state index is 5.94. The van der Waals surface area contributed by atoms with Crippen LogP contribution in [0.15, 0.2) is 16.5 Å². The molecule has 0 fully saturated rings. The van der Waals surface area contributed by atoms with Crippen molar-refractivity contribution in [3.8, 4) is 0 Å². The highest BCUT2D eigenvalue weighted by Crippen LogP contribution is 2.23. The number of nitrogens with zero attached hydrogens (tertiary/aromatic N) is 2. The molecule has 0 atom stereocenters. The van der Waals surface area contributed by atoms with Crippen LogP contribution in [0, 0.1) is 6.92 Å². The van der Waals surface area contributed by atoms with Crippen molar-refractivity contribution in [3.05, 3.63) is 40.9 Å². The van der Waals surface area contributed by atoms with Crippen molar-refractivity contribution >= 4 is 0 Å². The molecule has 0 aliphatic heterocycles. The van der Waals surface area contributed by atoms with Gasteiger partial charge in [-0.1, -0.05) is 6.92 Å². The van der Waals surface area contributed by atoms with E-state index in [4.69, 9.17) is 9.40 Å². The minimum absolute atomic E-state index is 0.807. The van der Waals surface area contributed by atoms with E-state index < -0.39 is 0 Å². The number of aromatic nitrogens is 2. The predicted octanol–water partition coefficient (Wildman–Crippen LogP) is 3.21. The molecule has 0 radical (unpaired) electrons. The molecule has 0 unspecified atom stereocenters. The Morgan fingerprint density at radius 2 is 2.05 bits per heavy atom. The highest BCUT2D eigenvalue weighted by atomic mass is 16.3. The van der Waals surface area contributed by atoms with Crippen LogP contribution in [0.1, 0.15) is 54.9 Å². The number of imidazole rings is 1. The number of hydrogen-bond donors (Lipinski definition) is 1. The Kier molecular flexibility index (Phi) is 4.44. The number of furan rings is 1. The maximum Gasteiger partial charge on any atom is 0.124 e. The van der Waals surface area contributed by atoms with Crippen molar-refractivity contribution in [1.82, 2.24) is 14.9 Å². The Hall–Kier alpha value is -1.55. The fourth-order valence-corrected chi connectivity index (χ4v) is 3.09. The van der Waals surface area contributed by atoms with Gasteiger partial charge in [0.25, 0.3) is 0 Å². The zero-order valence-corrected chi connectivity index (χ0v) is 13.1. The summed E-state index contributed by atoms with van der Waals surface area (Å²) in [7, 11) is 0. The molecule has 21 heavy (non-hydrogen) atoms. The normalized spacial score (nSPS) is 14.4. The minimum atomic E-state index is 0.807. The van der Waals surface area contributed by atoms with Gasteiger partial charge in [-0.05, 0) is 57.7 Å². The van der Waals surface area contributed by atoms with Crippen LogP contribution in [-0.2, 0) is 25.9 Å². The van der Waals surface area contributed by atoms with Gasteiger partial charge < -0.3 is 14.3 Å². The van der Waals surface area contributed by atoms with Gasteiger partial charge in [0.15, 0.2) is 0 Å². The van der Waals surface area contributed by atoms with Gasteiger partial charge >= 0.3 is 0 Å². The summed E-state index contributed by atoms with van der Waals surface area (Å²) in [6, 6.07) is 4.17. The highest BCUT2D eigenvalue weighted by Gasteiger charge is 2.18. The molecular formula is C17H25N3O. The standard InChI is InChI=1S/C17H25N3O/c1-3-10-18-11-14-8-9-15(21-14)12-20-13(2)19-16-6-4-5-7-17(16)20/h8-9,18H,3-7,10-12H2,1-2H3.